The van der Waals surface area contributed by atoms with E-state index >= 15 is 0 Å². The van der Waals surface area contributed by atoms with Crippen molar-refractivity contribution in [2.24, 2.45) is 0 Å². The average molecular weight is 278 g/mol. The highest BCUT2D eigenvalue weighted by molar-refractivity contribution is 7.15. The van der Waals surface area contributed by atoms with Crippen LogP contribution in [0.25, 0.3) is 0 Å². The van der Waals surface area contributed by atoms with Crippen LogP contribution < -0.4 is 5.32 Å². The summed E-state index contributed by atoms with van der Waals surface area (Å²) in [5.41, 5.74) is 0. The molecule has 0 aliphatic heterocycles. The van der Waals surface area contributed by atoms with Crippen LogP contribution in [0.15, 0.2) is 10.6 Å². The minimum absolute atomic E-state index is 0.0820. The molecule has 0 unspecified atom stereocenters. The van der Waals surface area contributed by atoms with E-state index in [9.17, 15) is 13.2 Å². The molecule has 5 nitrogen and oxygen atoms in total. The summed E-state index contributed by atoms with van der Waals surface area (Å²) in [5.74, 6) is 1.12. The van der Waals surface area contributed by atoms with Crippen molar-refractivity contribution in [3.05, 3.63) is 22.9 Å². The number of hydrogen-bond donors (Lipinski definition) is 1. The number of aromatic nitrogens is 3. The molecule has 0 aliphatic rings. The Labute approximate surface area is 104 Å². The van der Waals surface area contributed by atoms with Crippen molar-refractivity contribution in [1.82, 2.24) is 15.2 Å². The van der Waals surface area contributed by atoms with Gasteiger partial charge in [-0.25, -0.2) is 4.98 Å². The molecular formula is C9H9F3N4OS. The number of alkyl halides is 3. The number of oxazole rings is 1. The van der Waals surface area contributed by atoms with Gasteiger partial charge in [-0.3, -0.25) is 0 Å². The highest BCUT2D eigenvalue weighted by Gasteiger charge is 2.35. The number of aryl methyl sites for hydroxylation is 1. The molecule has 18 heavy (non-hydrogen) atoms. The van der Waals surface area contributed by atoms with Crippen LogP contribution in [0.3, 0.4) is 0 Å². The topological polar surface area (TPSA) is 63.8 Å². The third kappa shape index (κ3) is 2.97. The molecule has 2 aromatic rings. The molecule has 0 radical (unpaired) electrons. The molecule has 1 N–H and O–H groups in total. The van der Waals surface area contributed by atoms with Crippen molar-refractivity contribution in [2.75, 3.05) is 5.32 Å². The maximum Gasteiger partial charge on any atom is 0.445 e. The lowest BCUT2D eigenvalue weighted by Gasteiger charge is -1.98. The van der Waals surface area contributed by atoms with E-state index in [-0.39, 0.29) is 11.7 Å². The lowest BCUT2D eigenvalue weighted by Crippen LogP contribution is -2.03. The van der Waals surface area contributed by atoms with Crippen LogP contribution in [-0.4, -0.2) is 15.2 Å². The zero-order chi connectivity index (χ0) is 13.2. The first kappa shape index (κ1) is 12.8. The van der Waals surface area contributed by atoms with E-state index in [2.05, 4.69) is 20.5 Å². The lowest BCUT2D eigenvalue weighted by molar-refractivity contribution is -0.138. The standard InChI is InChI=1S/C9H9F3N4OS/c1-2-5-3-13-6(17-5)4-14-8-16-15-7(18-8)9(10,11)12/h3H,2,4H2,1H3,(H,14,16). The third-order valence-corrected chi connectivity index (χ3v) is 2.93. The molecule has 0 fully saturated rings. The molecule has 2 aromatic heterocycles. The molecular weight excluding hydrogens is 269 g/mol. The molecule has 0 saturated heterocycles. The molecule has 0 spiro atoms. The summed E-state index contributed by atoms with van der Waals surface area (Å²) in [6.07, 6.45) is -2.17. The lowest BCUT2D eigenvalue weighted by atomic mass is 10.4. The van der Waals surface area contributed by atoms with Gasteiger partial charge in [-0.2, -0.15) is 13.2 Å². The summed E-state index contributed by atoms with van der Waals surface area (Å²) >= 11 is 0.444. The maximum atomic E-state index is 12.3. The minimum Gasteiger partial charge on any atom is -0.444 e. The summed E-state index contributed by atoms with van der Waals surface area (Å²) in [5, 5.41) is 8.23. The Bertz CT molecular complexity index is 522. The largest absolute Gasteiger partial charge is 0.445 e. The fourth-order valence-corrected chi connectivity index (χ4v) is 1.76. The van der Waals surface area contributed by atoms with Gasteiger partial charge in [0.2, 0.25) is 16.0 Å². The van der Waals surface area contributed by atoms with Crippen molar-refractivity contribution in [2.45, 2.75) is 26.1 Å². The van der Waals surface area contributed by atoms with Crippen molar-refractivity contribution in [1.29, 1.82) is 0 Å². The van der Waals surface area contributed by atoms with Crippen LogP contribution in [0.4, 0.5) is 18.3 Å². The Morgan fingerprint density at radius 3 is 2.72 bits per heavy atom. The van der Waals surface area contributed by atoms with Gasteiger partial charge >= 0.3 is 6.18 Å². The summed E-state index contributed by atoms with van der Waals surface area (Å²) in [6, 6.07) is 0. The Morgan fingerprint density at radius 1 is 1.39 bits per heavy atom. The molecule has 0 bridgehead atoms. The van der Waals surface area contributed by atoms with E-state index < -0.39 is 11.2 Å². The number of nitrogens with zero attached hydrogens (tertiary/aromatic N) is 3. The van der Waals surface area contributed by atoms with Crippen LogP contribution in [0.1, 0.15) is 23.6 Å². The van der Waals surface area contributed by atoms with Gasteiger partial charge in [0, 0.05) is 6.42 Å². The van der Waals surface area contributed by atoms with E-state index in [1.807, 2.05) is 6.92 Å². The van der Waals surface area contributed by atoms with Crippen LogP contribution >= 0.6 is 11.3 Å². The molecule has 2 rings (SSSR count). The average Bonchev–Trinajstić information content (AvgIpc) is 2.94. The normalized spacial score (nSPS) is 11.8. The van der Waals surface area contributed by atoms with Gasteiger partial charge in [-0.1, -0.05) is 18.3 Å². The van der Waals surface area contributed by atoms with Crippen LogP contribution in [-0.2, 0) is 19.1 Å². The van der Waals surface area contributed by atoms with Crippen molar-refractivity contribution in [3.8, 4) is 0 Å². The number of nitrogens with one attached hydrogen (secondary N) is 1. The fraction of sp³-hybridized carbons (Fsp3) is 0.444. The second-order valence-corrected chi connectivity index (χ2v) is 4.32. The summed E-state index contributed by atoms with van der Waals surface area (Å²) in [4.78, 5) is 3.96. The Hall–Kier alpha value is -1.64. The van der Waals surface area contributed by atoms with E-state index in [0.717, 1.165) is 5.76 Å². The highest BCUT2D eigenvalue weighted by atomic mass is 32.1. The van der Waals surface area contributed by atoms with Gasteiger partial charge in [0.25, 0.3) is 0 Å². The summed E-state index contributed by atoms with van der Waals surface area (Å²) < 4.78 is 42.1. The molecule has 0 amide bonds. The highest BCUT2D eigenvalue weighted by Crippen LogP contribution is 2.33. The quantitative estimate of drug-likeness (QED) is 0.931. The Morgan fingerprint density at radius 2 is 2.17 bits per heavy atom. The van der Waals surface area contributed by atoms with E-state index in [1.165, 1.54) is 0 Å². The van der Waals surface area contributed by atoms with Crippen molar-refractivity contribution >= 4 is 16.5 Å². The first-order valence-corrected chi connectivity index (χ1v) is 5.89. The summed E-state index contributed by atoms with van der Waals surface area (Å²) in [7, 11) is 0. The van der Waals surface area contributed by atoms with Gasteiger partial charge in [0.15, 0.2) is 0 Å². The van der Waals surface area contributed by atoms with Gasteiger partial charge in [-0.05, 0) is 0 Å². The Kier molecular flexibility index (Phi) is 3.50. The number of rotatable bonds is 4. The van der Waals surface area contributed by atoms with E-state index in [4.69, 9.17) is 4.42 Å². The zero-order valence-corrected chi connectivity index (χ0v) is 10.1. The van der Waals surface area contributed by atoms with Crippen LogP contribution in [0, 0.1) is 0 Å². The first-order chi connectivity index (χ1) is 8.49. The van der Waals surface area contributed by atoms with E-state index in [1.54, 1.807) is 6.20 Å². The van der Waals surface area contributed by atoms with Gasteiger partial charge < -0.3 is 9.73 Å². The summed E-state index contributed by atoms with van der Waals surface area (Å²) in [6.45, 7) is 2.09. The van der Waals surface area contributed by atoms with Crippen LogP contribution in [0.5, 0.6) is 0 Å². The minimum atomic E-state index is -4.46. The number of anilines is 1. The monoisotopic (exact) mass is 278 g/mol. The predicted molar refractivity (Wildman–Crippen MR) is 58.1 cm³/mol. The molecule has 98 valence electrons. The number of hydrogen-bond acceptors (Lipinski definition) is 6. The van der Waals surface area contributed by atoms with Gasteiger partial charge in [0.1, 0.15) is 5.76 Å². The molecule has 0 aromatic carbocycles. The second kappa shape index (κ2) is 4.92. The van der Waals surface area contributed by atoms with E-state index in [0.29, 0.717) is 23.6 Å². The maximum absolute atomic E-state index is 12.3. The predicted octanol–water partition coefficient (Wildman–Crippen LogP) is 2.72. The smallest absolute Gasteiger partial charge is 0.444 e. The van der Waals surface area contributed by atoms with Gasteiger partial charge in [0.05, 0.1) is 12.7 Å². The van der Waals surface area contributed by atoms with Crippen molar-refractivity contribution < 1.29 is 17.6 Å². The molecule has 0 atom stereocenters. The number of halogens is 3. The van der Waals surface area contributed by atoms with Gasteiger partial charge in [-0.15, -0.1) is 10.2 Å². The molecule has 0 saturated carbocycles. The zero-order valence-electron chi connectivity index (χ0n) is 9.28. The molecule has 9 heteroatoms. The third-order valence-electron chi connectivity index (χ3n) is 2.01. The second-order valence-electron chi connectivity index (χ2n) is 3.34. The Balaban J connectivity index is 1.96. The molecule has 2 heterocycles. The SMILES string of the molecule is CCc1cnc(CNc2nnc(C(F)(F)F)s2)o1. The van der Waals surface area contributed by atoms with Crippen molar-refractivity contribution in [3.63, 3.8) is 0 Å². The fourth-order valence-electron chi connectivity index (χ4n) is 1.15. The first-order valence-electron chi connectivity index (χ1n) is 5.07. The molecule has 0 aliphatic carbocycles. The van der Waals surface area contributed by atoms with Crippen LogP contribution in [0.2, 0.25) is 0 Å².